The number of allylic oxidation sites excluding steroid dienone is 2. The number of likely N-dealkylation sites (tertiary alicyclic amines) is 1. The molecule has 1 unspecified atom stereocenters. The lowest BCUT2D eigenvalue weighted by molar-refractivity contribution is -0.135. The Labute approximate surface area is 249 Å². The minimum absolute atomic E-state index is 0.0832. The quantitative estimate of drug-likeness (QED) is 0.279. The first kappa shape index (κ1) is 30.3. The van der Waals surface area contributed by atoms with Gasteiger partial charge in [0.15, 0.2) is 0 Å². The molecule has 1 saturated heterocycles. The Hall–Kier alpha value is -3.15. The number of amides is 2. The van der Waals surface area contributed by atoms with Crippen LogP contribution < -0.4 is 15.4 Å². The molecule has 0 radical (unpaired) electrons. The van der Waals surface area contributed by atoms with Crippen molar-refractivity contribution in [2.24, 2.45) is 11.7 Å². The summed E-state index contributed by atoms with van der Waals surface area (Å²) in [6.07, 6.45) is 14.5. The van der Waals surface area contributed by atoms with Crippen LogP contribution >= 0.6 is 0 Å². The van der Waals surface area contributed by atoms with Crippen LogP contribution in [-0.2, 0) is 14.3 Å². The van der Waals surface area contributed by atoms with Crippen molar-refractivity contribution in [1.29, 1.82) is 0 Å². The summed E-state index contributed by atoms with van der Waals surface area (Å²) in [6.45, 7) is 8.40. The van der Waals surface area contributed by atoms with E-state index in [1.807, 2.05) is 40.1 Å². The van der Waals surface area contributed by atoms with Crippen LogP contribution in [0.3, 0.4) is 0 Å². The number of fused-ring (bicyclic) bond motifs is 1. The number of nitrogens with two attached hydrogens (primary N) is 1. The highest BCUT2D eigenvalue weighted by Gasteiger charge is 2.33. The van der Waals surface area contributed by atoms with Gasteiger partial charge in [0.25, 0.3) is 0 Å². The molecular formula is C31H45N5O5Si. The zero-order valence-corrected chi connectivity index (χ0v) is 26.1. The molecule has 2 fully saturated rings. The van der Waals surface area contributed by atoms with Gasteiger partial charge in [-0.1, -0.05) is 31.8 Å². The average Bonchev–Trinajstić information content (AvgIpc) is 3.55. The highest BCUT2D eigenvalue weighted by Crippen LogP contribution is 2.38. The number of rotatable bonds is 12. The maximum Gasteiger partial charge on any atom is 0.244 e. The molecule has 3 heterocycles. The Morgan fingerprint density at radius 2 is 1.93 bits per heavy atom. The fourth-order valence-corrected chi connectivity index (χ4v) is 6.74. The van der Waals surface area contributed by atoms with Crippen molar-refractivity contribution in [3.63, 3.8) is 0 Å². The Morgan fingerprint density at radius 1 is 1.14 bits per heavy atom. The average molecular weight is 596 g/mol. The standard InChI is InChI=1S/C31H45N5O5Si/c1-42(2,3)15-14-40-21-35-25(11-12-30(35)38)20-41-29-17-26-23(16-28(29)34-13-5-4-6-27(34)31(32)39)18-36(33-26)24-9-7-22(19-37)8-10-24/h4-6,13,16-18,22,24-25,27,37H,7-12,14-15,19-21H2,1-3H3,(H2,32,39)/t22?,24?,25-,27?/m0/s1. The maximum atomic E-state index is 12.7. The molecule has 1 aromatic carbocycles. The molecule has 1 aliphatic carbocycles. The minimum Gasteiger partial charge on any atom is -0.489 e. The SMILES string of the molecule is C[Si](C)(C)CCOCN1C(=O)CC[C@H]1COc1cc2nn(C3CCC(CO)CC3)cc2cc1N1C=CC=CC1C(N)=O. The summed E-state index contributed by atoms with van der Waals surface area (Å²) in [5.41, 5.74) is 7.30. The van der Waals surface area contributed by atoms with E-state index < -0.39 is 20.0 Å². The highest BCUT2D eigenvalue weighted by molar-refractivity contribution is 6.76. The Balaban J connectivity index is 1.37. The van der Waals surface area contributed by atoms with Crippen LogP contribution in [0.4, 0.5) is 5.69 Å². The number of hydrogen-bond donors (Lipinski definition) is 2. The highest BCUT2D eigenvalue weighted by atomic mass is 28.3. The molecule has 3 aliphatic rings. The topological polar surface area (TPSA) is 123 Å². The van der Waals surface area contributed by atoms with Gasteiger partial charge in [0, 0.05) is 51.6 Å². The molecule has 2 aliphatic heterocycles. The van der Waals surface area contributed by atoms with Gasteiger partial charge in [-0.05, 0) is 56.2 Å². The minimum atomic E-state index is -1.22. The van der Waals surface area contributed by atoms with Gasteiger partial charge in [-0.3, -0.25) is 14.3 Å². The molecule has 2 aromatic rings. The number of hydrogen-bond acceptors (Lipinski definition) is 7. The summed E-state index contributed by atoms with van der Waals surface area (Å²) >= 11 is 0. The van der Waals surface area contributed by atoms with Gasteiger partial charge in [-0.2, -0.15) is 5.10 Å². The van der Waals surface area contributed by atoms with E-state index in [1.165, 1.54) is 0 Å². The number of nitrogens with zero attached hydrogens (tertiary/aromatic N) is 4. The van der Waals surface area contributed by atoms with Gasteiger partial charge in [0.2, 0.25) is 11.8 Å². The smallest absolute Gasteiger partial charge is 0.244 e. The number of carbonyl (C=O) groups excluding carboxylic acids is 2. The van der Waals surface area contributed by atoms with Crippen LogP contribution in [0.5, 0.6) is 5.75 Å². The third kappa shape index (κ3) is 7.07. The third-order valence-corrected chi connectivity index (χ3v) is 10.4. The van der Waals surface area contributed by atoms with Crippen LogP contribution in [0.15, 0.2) is 42.8 Å². The number of aromatic nitrogens is 2. The van der Waals surface area contributed by atoms with Crippen LogP contribution in [0.2, 0.25) is 25.7 Å². The summed E-state index contributed by atoms with van der Waals surface area (Å²) in [7, 11) is -1.22. The van der Waals surface area contributed by atoms with Crippen LogP contribution in [0.1, 0.15) is 44.6 Å². The zero-order chi connectivity index (χ0) is 29.9. The van der Waals surface area contributed by atoms with E-state index in [2.05, 4.69) is 25.8 Å². The Kier molecular flexibility index (Phi) is 9.39. The second kappa shape index (κ2) is 13.0. The van der Waals surface area contributed by atoms with E-state index in [9.17, 15) is 14.7 Å². The van der Waals surface area contributed by atoms with E-state index in [4.69, 9.17) is 20.3 Å². The van der Waals surface area contributed by atoms with E-state index >= 15 is 0 Å². The number of primary amides is 1. The fourth-order valence-electron chi connectivity index (χ4n) is 5.99. The Morgan fingerprint density at radius 3 is 2.64 bits per heavy atom. The molecule has 0 bridgehead atoms. The van der Waals surface area contributed by atoms with Crippen molar-refractivity contribution in [2.45, 2.75) is 82.3 Å². The molecule has 11 heteroatoms. The number of aliphatic hydroxyl groups is 1. The molecule has 3 N–H and O–H groups in total. The summed E-state index contributed by atoms with van der Waals surface area (Å²) in [5, 5.41) is 15.4. The lowest BCUT2D eigenvalue weighted by atomic mass is 9.87. The number of benzene rings is 1. The first-order valence-electron chi connectivity index (χ1n) is 15.2. The fraction of sp³-hybridized carbons (Fsp3) is 0.581. The summed E-state index contributed by atoms with van der Waals surface area (Å²) < 4.78 is 14.4. The van der Waals surface area contributed by atoms with E-state index in [-0.39, 0.29) is 31.3 Å². The summed E-state index contributed by atoms with van der Waals surface area (Å²) in [4.78, 5) is 28.7. The molecule has 2 amide bonds. The summed E-state index contributed by atoms with van der Waals surface area (Å²) in [6, 6.07) is 4.51. The summed E-state index contributed by atoms with van der Waals surface area (Å²) in [5.74, 6) is 0.582. The van der Waals surface area contributed by atoms with Gasteiger partial charge in [0.05, 0.1) is 23.3 Å². The molecule has 1 aromatic heterocycles. The van der Waals surface area contributed by atoms with Crippen molar-refractivity contribution in [3.8, 4) is 5.75 Å². The van der Waals surface area contributed by atoms with Crippen molar-refractivity contribution >= 4 is 36.5 Å². The van der Waals surface area contributed by atoms with E-state index in [0.29, 0.717) is 37.7 Å². The molecular weight excluding hydrogens is 550 g/mol. The largest absolute Gasteiger partial charge is 0.489 e. The van der Waals surface area contributed by atoms with Gasteiger partial charge in [0.1, 0.15) is 25.1 Å². The van der Waals surface area contributed by atoms with E-state index in [1.54, 1.807) is 11.0 Å². The molecule has 42 heavy (non-hydrogen) atoms. The molecule has 5 rings (SSSR count). The Bertz CT molecular complexity index is 1330. The molecule has 10 nitrogen and oxygen atoms in total. The van der Waals surface area contributed by atoms with Gasteiger partial charge in [-0.25, -0.2) is 0 Å². The third-order valence-electron chi connectivity index (χ3n) is 8.68. The number of ether oxygens (including phenoxy) is 2. The second-order valence-electron chi connectivity index (χ2n) is 13.0. The van der Waals surface area contributed by atoms with E-state index in [0.717, 1.165) is 48.3 Å². The van der Waals surface area contributed by atoms with Crippen molar-refractivity contribution in [2.75, 3.05) is 31.5 Å². The van der Waals surface area contributed by atoms with Crippen LogP contribution in [0, 0.1) is 5.92 Å². The second-order valence-corrected chi connectivity index (χ2v) is 18.7. The maximum absolute atomic E-state index is 12.7. The van der Waals surface area contributed by atoms with Crippen molar-refractivity contribution in [3.05, 3.63) is 42.8 Å². The molecule has 228 valence electrons. The lowest BCUT2D eigenvalue weighted by Crippen LogP contribution is -2.42. The zero-order valence-electron chi connectivity index (χ0n) is 25.1. The van der Waals surface area contributed by atoms with Gasteiger partial charge < -0.3 is 30.1 Å². The van der Waals surface area contributed by atoms with Crippen LogP contribution in [0.25, 0.3) is 10.9 Å². The van der Waals surface area contributed by atoms with Crippen molar-refractivity contribution in [1.82, 2.24) is 14.7 Å². The molecule has 2 atom stereocenters. The lowest BCUT2D eigenvalue weighted by Gasteiger charge is -2.30. The first-order valence-corrected chi connectivity index (χ1v) is 18.9. The monoisotopic (exact) mass is 595 g/mol. The van der Waals surface area contributed by atoms with Crippen LogP contribution in [-0.4, -0.2) is 78.3 Å². The van der Waals surface area contributed by atoms with Gasteiger partial charge >= 0.3 is 0 Å². The predicted molar refractivity (Wildman–Crippen MR) is 166 cm³/mol. The number of aliphatic hydroxyl groups excluding tert-OH is 1. The number of carbonyl (C=O) groups is 2. The molecule has 0 spiro atoms. The normalized spacial score (nSPS) is 24.6. The number of anilines is 1. The van der Waals surface area contributed by atoms with Gasteiger partial charge in [-0.15, -0.1) is 0 Å². The first-order chi connectivity index (χ1) is 20.1. The predicted octanol–water partition coefficient (Wildman–Crippen LogP) is 4.19. The molecule has 1 saturated carbocycles. The van der Waals surface area contributed by atoms with Crippen molar-refractivity contribution < 1.29 is 24.2 Å².